The van der Waals surface area contributed by atoms with E-state index in [1.165, 1.54) is 37.6 Å². The Morgan fingerprint density at radius 3 is 2.54 bits per heavy atom. The summed E-state index contributed by atoms with van der Waals surface area (Å²) in [5.41, 5.74) is 6.77. The van der Waals surface area contributed by atoms with Crippen LogP contribution in [0, 0.1) is 6.92 Å². The number of hydrogen-bond donors (Lipinski definition) is 0. The lowest BCUT2D eigenvalue weighted by atomic mass is 10.0. The fraction of sp³-hybridized carbons (Fsp3) is 0.0952. The molecular weight excluding hydrogens is 312 g/mol. The highest BCUT2D eigenvalue weighted by atomic mass is 32.1. The zero-order chi connectivity index (χ0) is 16.1. The highest BCUT2D eigenvalue weighted by Gasteiger charge is 2.32. The molecule has 0 saturated heterocycles. The number of hydrogen-bond acceptors (Lipinski definition) is 2. The van der Waals surface area contributed by atoms with E-state index in [1.807, 2.05) is 23.9 Å². The summed E-state index contributed by atoms with van der Waals surface area (Å²) in [5.74, 6) is 0. The van der Waals surface area contributed by atoms with Crippen molar-refractivity contribution in [3.8, 4) is 20.9 Å². The summed E-state index contributed by atoms with van der Waals surface area (Å²) >= 11 is 1.90. The Labute approximate surface area is 145 Å². The highest BCUT2D eigenvalue weighted by molar-refractivity contribution is 7.19. The van der Waals surface area contributed by atoms with Crippen molar-refractivity contribution in [2.75, 3.05) is 0 Å². The summed E-state index contributed by atoms with van der Waals surface area (Å²) in [6.45, 7) is 2.18. The molecule has 0 saturated carbocycles. The summed E-state index contributed by atoms with van der Waals surface area (Å²) in [5, 5.41) is 0. The van der Waals surface area contributed by atoms with Crippen LogP contribution in [-0.4, -0.2) is 9.55 Å². The van der Waals surface area contributed by atoms with E-state index in [1.54, 1.807) is 0 Å². The van der Waals surface area contributed by atoms with Crippen LogP contribution in [0.1, 0.15) is 22.7 Å². The van der Waals surface area contributed by atoms with Gasteiger partial charge in [0, 0.05) is 22.1 Å². The van der Waals surface area contributed by atoms with Crippen LogP contribution in [0.3, 0.4) is 0 Å². The number of benzene rings is 2. The number of rotatable bonds is 2. The maximum absolute atomic E-state index is 4.26. The summed E-state index contributed by atoms with van der Waals surface area (Å²) in [7, 11) is 0. The molecule has 0 amide bonds. The molecule has 0 spiro atoms. The van der Waals surface area contributed by atoms with Crippen molar-refractivity contribution in [3.05, 3.63) is 90.0 Å². The van der Waals surface area contributed by atoms with Crippen molar-refractivity contribution in [1.29, 1.82) is 0 Å². The smallest absolute Gasteiger partial charge is 0.0954 e. The topological polar surface area (TPSA) is 17.8 Å². The van der Waals surface area contributed by atoms with E-state index in [9.17, 15) is 0 Å². The maximum atomic E-state index is 4.26. The molecule has 1 unspecified atom stereocenters. The van der Waals surface area contributed by atoms with Gasteiger partial charge in [0.15, 0.2) is 0 Å². The Morgan fingerprint density at radius 2 is 1.75 bits per heavy atom. The van der Waals surface area contributed by atoms with Gasteiger partial charge in [-0.25, -0.2) is 4.98 Å². The van der Waals surface area contributed by atoms with Crippen molar-refractivity contribution in [1.82, 2.24) is 9.55 Å². The number of thiophene rings is 1. The third-order valence-electron chi connectivity index (χ3n) is 4.79. The molecule has 4 aromatic rings. The van der Waals surface area contributed by atoms with Crippen LogP contribution in [0.15, 0.2) is 73.3 Å². The van der Waals surface area contributed by atoms with Crippen molar-refractivity contribution in [2.45, 2.75) is 13.0 Å². The zero-order valence-corrected chi connectivity index (χ0v) is 14.1. The number of fused-ring (bicyclic) bond motifs is 3. The quantitative estimate of drug-likeness (QED) is 0.416. The average Bonchev–Trinajstić information content (AvgIpc) is 3.30. The molecule has 116 valence electrons. The lowest BCUT2D eigenvalue weighted by molar-refractivity contribution is 0.693. The van der Waals surface area contributed by atoms with Gasteiger partial charge in [0.2, 0.25) is 0 Å². The van der Waals surface area contributed by atoms with Gasteiger partial charge in [-0.15, -0.1) is 11.3 Å². The second kappa shape index (κ2) is 5.18. The van der Waals surface area contributed by atoms with Gasteiger partial charge < -0.3 is 4.57 Å². The van der Waals surface area contributed by atoms with Gasteiger partial charge in [-0.1, -0.05) is 48.5 Å². The first-order chi connectivity index (χ1) is 11.8. The van der Waals surface area contributed by atoms with Crippen LogP contribution in [0.2, 0.25) is 0 Å². The lowest BCUT2D eigenvalue weighted by Gasteiger charge is -2.14. The number of aromatic nitrogens is 2. The van der Waals surface area contributed by atoms with Crippen molar-refractivity contribution < 1.29 is 0 Å². The molecule has 0 bridgehead atoms. The van der Waals surface area contributed by atoms with Crippen molar-refractivity contribution in [2.24, 2.45) is 0 Å². The molecule has 2 heterocycles. The number of aryl methyl sites for hydroxylation is 1. The fourth-order valence-corrected chi connectivity index (χ4v) is 4.98. The summed E-state index contributed by atoms with van der Waals surface area (Å²) in [6.07, 6.45) is 5.83. The Morgan fingerprint density at radius 1 is 0.958 bits per heavy atom. The minimum Gasteiger partial charge on any atom is -0.326 e. The Bertz CT molecular complexity index is 1030. The first kappa shape index (κ1) is 13.8. The SMILES string of the molecule is Cc1ccccc1-c1cc2c(s1)-c1ccccc1C2n1ccnc1. The van der Waals surface area contributed by atoms with Gasteiger partial charge in [0.25, 0.3) is 0 Å². The molecule has 0 aliphatic heterocycles. The molecule has 24 heavy (non-hydrogen) atoms. The molecule has 1 aliphatic carbocycles. The van der Waals surface area contributed by atoms with Crippen LogP contribution < -0.4 is 0 Å². The van der Waals surface area contributed by atoms with E-state index in [-0.39, 0.29) is 6.04 Å². The molecule has 3 heteroatoms. The van der Waals surface area contributed by atoms with E-state index in [2.05, 4.69) is 77.3 Å². The van der Waals surface area contributed by atoms with Crippen LogP contribution in [0.4, 0.5) is 0 Å². The van der Waals surface area contributed by atoms with Crippen LogP contribution in [0.5, 0.6) is 0 Å². The number of imidazole rings is 1. The Balaban J connectivity index is 1.74. The minimum atomic E-state index is 0.229. The first-order valence-corrected chi connectivity index (χ1v) is 8.91. The first-order valence-electron chi connectivity index (χ1n) is 8.09. The van der Waals surface area contributed by atoms with Gasteiger partial charge in [-0.05, 0) is 40.8 Å². The minimum absolute atomic E-state index is 0.229. The second-order valence-corrected chi connectivity index (χ2v) is 7.26. The van der Waals surface area contributed by atoms with E-state index < -0.39 is 0 Å². The number of nitrogens with zero attached hydrogens (tertiary/aromatic N) is 2. The predicted molar refractivity (Wildman–Crippen MR) is 99.4 cm³/mol. The van der Waals surface area contributed by atoms with Gasteiger partial charge in [-0.2, -0.15) is 0 Å². The van der Waals surface area contributed by atoms with E-state index in [4.69, 9.17) is 0 Å². The predicted octanol–water partition coefficient (Wildman–Crippen LogP) is 5.54. The van der Waals surface area contributed by atoms with E-state index in [0.29, 0.717) is 0 Å². The van der Waals surface area contributed by atoms with Crippen LogP contribution in [0.25, 0.3) is 20.9 Å². The van der Waals surface area contributed by atoms with Crippen molar-refractivity contribution in [3.63, 3.8) is 0 Å². The van der Waals surface area contributed by atoms with E-state index in [0.717, 1.165) is 0 Å². The second-order valence-electron chi connectivity index (χ2n) is 6.21. The Kier molecular flexibility index (Phi) is 2.97. The largest absolute Gasteiger partial charge is 0.326 e. The molecule has 0 fully saturated rings. The lowest BCUT2D eigenvalue weighted by Crippen LogP contribution is -2.06. The third-order valence-corrected chi connectivity index (χ3v) is 6.01. The molecule has 2 aromatic heterocycles. The molecule has 1 atom stereocenters. The van der Waals surface area contributed by atoms with E-state index >= 15 is 0 Å². The molecule has 1 aliphatic rings. The molecule has 0 radical (unpaired) electrons. The molecule has 5 rings (SSSR count). The van der Waals surface area contributed by atoms with Crippen molar-refractivity contribution >= 4 is 11.3 Å². The van der Waals surface area contributed by atoms with Crippen LogP contribution in [-0.2, 0) is 0 Å². The third kappa shape index (κ3) is 1.91. The molecule has 2 aromatic carbocycles. The van der Waals surface area contributed by atoms with Gasteiger partial charge >= 0.3 is 0 Å². The zero-order valence-electron chi connectivity index (χ0n) is 13.3. The van der Waals surface area contributed by atoms with Gasteiger partial charge in [0.05, 0.1) is 12.4 Å². The Hall–Kier alpha value is -2.65. The highest BCUT2D eigenvalue weighted by Crippen LogP contribution is 2.51. The van der Waals surface area contributed by atoms with Gasteiger partial charge in [-0.3, -0.25) is 0 Å². The van der Waals surface area contributed by atoms with Gasteiger partial charge in [0.1, 0.15) is 0 Å². The fourth-order valence-electron chi connectivity index (χ4n) is 3.65. The standard InChI is InChI=1S/C21H16N2S/c1-14-6-2-3-7-15(14)19-12-18-20(23-11-10-22-13-23)16-8-4-5-9-17(16)21(18)24-19/h2-13,20H,1H3. The molecule has 2 nitrogen and oxygen atoms in total. The maximum Gasteiger partial charge on any atom is 0.0954 e. The monoisotopic (exact) mass is 328 g/mol. The average molecular weight is 328 g/mol. The van der Waals surface area contributed by atoms with Crippen LogP contribution >= 0.6 is 11.3 Å². The summed E-state index contributed by atoms with van der Waals surface area (Å²) in [6, 6.07) is 19.9. The molecular formula is C21H16N2S. The molecule has 0 N–H and O–H groups in total. The summed E-state index contributed by atoms with van der Waals surface area (Å²) < 4.78 is 2.21. The summed E-state index contributed by atoms with van der Waals surface area (Å²) in [4.78, 5) is 6.99. The normalized spacial score (nSPS) is 15.3.